The van der Waals surface area contributed by atoms with Crippen LogP contribution >= 0.6 is 0 Å². The van der Waals surface area contributed by atoms with Crippen LogP contribution in [-0.2, 0) is 16.1 Å². The molecule has 0 unspecified atom stereocenters. The molecule has 2 rings (SSSR count). The van der Waals surface area contributed by atoms with Crippen LogP contribution in [0.5, 0.6) is 11.5 Å². The molecule has 6 nitrogen and oxygen atoms in total. The van der Waals surface area contributed by atoms with Crippen LogP contribution in [0.1, 0.15) is 44.4 Å². The Hall–Kier alpha value is -3.02. The van der Waals surface area contributed by atoms with Gasteiger partial charge in [0.1, 0.15) is 17.5 Å². The van der Waals surface area contributed by atoms with Crippen molar-refractivity contribution in [2.24, 2.45) is 0 Å². The fourth-order valence-electron chi connectivity index (χ4n) is 3.07. The number of aryl methyl sites for hydroxylation is 2. The van der Waals surface area contributed by atoms with Crippen LogP contribution in [0.4, 0.5) is 0 Å². The number of nitrogens with one attached hydrogen (secondary N) is 1. The molecule has 0 radical (unpaired) electrons. The van der Waals surface area contributed by atoms with Gasteiger partial charge in [0.15, 0.2) is 6.61 Å². The van der Waals surface area contributed by atoms with Gasteiger partial charge in [-0.2, -0.15) is 0 Å². The second-order valence-electron chi connectivity index (χ2n) is 8.84. The van der Waals surface area contributed by atoms with Gasteiger partial charge in [0.2, 0.25) is 5.91 Å². The SMILES string of the molecule is COc1ccc(CN(C(=O)COc2cc(C)ccc2C)[C@@H](C)C(=O)NC(C)(C)C)cc1. The van der Waals surface area contributed by atoms with E-state index in [0.29, 0.717) is 5.75 Å². The molecule has 0 aliphatic rings. The van der Waals surface area contributed by atoms with Crippen LogP contribution in [0.15, 0.2) is 42.5 Å². The van der Waals surface area contributed by atoms with E-state index in [1.165, 1.54) is 0 Å². The quantitative estimate of drug-likeness (QED) is 0.692. The molecule has 6 heteroatoms. The highest BCUT2D eigenvalue weighted by molar-refractivity contribution is 5.88. The van der Waals surface area contributed by atoms with Crippen molar-refractivity contribution in [3.05, 3.63) is 59.2 Å². The highest BCUT2D eigenvalue weighted by atomic mass is 16.5. The smallest absolute Gasteiger partial charge is 0.261 e. The third kappa shape index (κ3) is 7.31. The number of hydrogen-bond donors (Lipinski definition) is 1. The van der Waals surface area contributed by atoms with Gasteiger partial charge in [-0.15, -0.1) is 0 Å². The molecule has 168 valence electrons. The molecule has 0 aliphatic carbocycles. The molecular weight excluding hydrogens is 392 g/mol. The highest BCUT2D eigenvalue weighted by Gasteiger charge is 2.28. The minimum atomic E-state index is -0.656. The number of benzene rings is 2. The molecular formula is C25H34N2O4. The number of carbonyl (C=O) groups excluding carboxylic acids is 2. The first-order chi connectivity index (χ1) is 14.5. The van der Waals surface area contributed by atoms with Crippen molar-refractivity contribution in [2.75, 3.05) is 13.7 Å². The predicted octanol–water partition coefficient (Wildman–Crippen LogP) is 4.02. The minimum absolute atomic E-state index is 0.145. The van der Waals surface area contributed by atoms with Gasteiger partial charge < -0.3 is 19.7 Å². The Balaban J connectivity index is 2.20. The van der Waals surface area contributed by atoms with Gasteiger partial charge in [-0.25, -0.2) is 0 Å². The van der Waals surface area contributed by atoms with Gasteiger partial charge >= 0.3 is 0 Å². The van der Waals surface area contributed by atoms with Crippen molar-refractivity contribution < 1.29 is 19.1 Å². The molecule has 2 aromatic carbocycles. The molecule has 1 N–H and O–H groups in total. The molecule has 31 heavy (non-hydrogen) atoms. The molecule has 0 heterocycles. The van der Waals surface area contributed by atoms with E-state index >= 15 is 0 Å². The molecule has 0 aromatic heterocycles. The molecule has 2 aromatic rings. The van der Waals surface area contributed by atoms with Crippen molar-refractivity contribution >= 4 is 11.8 Å². The monoisotopic (exact) mass is 426 g/mol. The van der Waals surface area contributed by atoms with Crippen LogP contribution in [0, 0.1) is 13.8 Å². The standard InChI is InChI=1S/C25H34N2O4/c1-17-8-9-18(2)22(14-17)31-16-23(28)27(19(3)24(29)26-25(4,5)6)15-20-10-12-21(30-7)13-11-20/h8-14,19H,15-16H2,1-7H3,(H,26,29)/t19-/m0/s1. The molecule has 0 bridgehead atoms. The Bertz CT molecular complexity index is 901. The molecule has 0 fully saturated rings. The zero-order valence-corrected chi connectivity index (χ0v) is 19.6. The maximum absolute atomic E-state index is 13.1. The first-order valence-corrected chi connectivity index (χ1v) is 10.4. The van der Waals surface area contributed by atoms with Gasteiger partial charge in [0.05, 0.1) is 7.11 Å². The largest absolute Gasteiger partial charge is 0.497 e. The van der Waals surface area contributed by atoms with Crippen LogP contribution < -0.4 is 14.8 Å². The van der Waals surface area contributed by atoms with Crippen molar-refractivity contribution in [2.45, 2.75) is 59.7 Å². The van der Waals surface area contributed by atoms with Crippen LogP contribution in [0.25, 0.3) is 0 Å². The van der Waals surface area contributed by atoms with E-state index in [2.05, 4.69) is 5.32 Å². The first-order valence-electron chi connectivity index (χ1n) is 10.4. The minimum Gasteiger partial charge on any atom is -0.497 e. The average Bonchev–Trinajstić information content (AvgIpc) is 2.71. The third-order valence-electron chi connectivity index (χ3n) is 4.87. The van der Waals surface area contributed by atoms with Gasteiger partial charge in [-0.05, 0) is 76.4 Å². The summed E-state index contributed by atoms with van der Waals surface area (Å²) in [6, 6.07) is 12.7. The van der Waals surface area contributed by atoms with Gasteiger partial charge in [-0.1, -0.05) is 24.3 Å². The number of ether oxygens (including phenoxy) is 2. The summed E-state index contributed by atoms with van der Waals surface area (Å²) in [4.78, 5) is 27.5. The van der Waals surface area contributed by atoms with Crippen LogP contribution in [0.2, 0.25) is 0 Å². The predicted molar refractivity (Wildman–Crippen MR) is 122 cm³/mol. The zero-order valence-electron chi connectivity index (χ0n) is 19.6. The Kier molecular flexibility index (Phi) is 8.08. The van der Waals surface area contributed by atoms with Crippen molar-refractivity contribution in [1.29, 1.82) is 0 Å². The third-order valence-corrected chi connectivity index (χ3v) is 4.87. The van der Waals surface area contributed by atoms with Crippen molar-refractivity contribution in [3.63, 3.8) is 0 Å². The second kappa shape index (κ2) is 10.3. The molecule has 0 saturated heterocycles. The summed E-state index contributed by atoms with van der Waals surface area (Å²) in [5.41, 5.74) is 2.52. The highest BCUT2D eigenvalue weighted by Crippen LogP contribution is 2.20. The first kappa shape index (κ1) is 24.3. The summed E-state index contributed by atoms with van der Waals surface area (Å²) in [5, 5.41) is 2.96. The number of amides is 2. The number of carbonyl (C=O) groups is 2. The zero-order chi connectivity index (χ0) is 23.2. The normalized spacial score (nSPS) is 12.1. The van der Waals surface area contributed by atoms with Gasteiger partial charge in [0.25, 0.3) is 5.91 Å². The van der Waals surface area contributed by atoms with Gasteiger partial charge in [-0.3, -0.25) is 9.59 Å². The Morgan fingerprint density at radius 1 is 1.06 bits per heavy atom. The summed E-state index contributed by atoms with van der Waals surface area (Å²) < 4.78 is 11.0. The molecule has 2 amide bonds. The number of hydrogen-bond acceptors (Lipinski definition) is 4. The molecule has 0 saturated carbocycles. The Morgan fingerprint density at radius 2 is 1.71 bits per heavy atom. The number of nitrogens with zero attached hydrogens (tertiary/aromatic N) is 1. The molecule has 1 atom stereocenters. The van der Waals surface area contributed by atoms with E-state index in [0.717, 1.165) is 22.4 Å². The summed E-state index contributed by atoms with van der Waals surface area (Å²) >= 11 is 0. The van der Waals surface area contributed by atoms with E-state index in [9.17, 15) is 9.59 Å². The number of methoxy groups -OCH3 is 1. The lowest BCUT2D eigenvalue weighted by Gasteiger charge is -2.31. The van der Waals surface area contributed by atoms with Crippen molar-refractivity contribution in [1.82, 2.24) is 10.2 Å². The lowest BCUT2D eigenvalue weighted by molar-refractivity contribution is -0.142. The van der Waals surface area contributed by atoms with Crippen LogP contribution in [0.3, 0.4) is 0 Å². The van der Waals surface area contributed by atoms with E-state index in [1.807, 2.05) is 77.1 Å². The maximum Gasteiger partial charge on any atom is 0.261 e. The summed E-state index contributed by atoms with van der Waals surface area (Å²) in [6.45, 7) is 11.5. The second-order valence-corrected chi connectivity index (χ2v) is 8.84. The summed E-state index contributed by atoms with van der Waals surface area (Å²) in [6.07, 6.45) is 0. The van der Waals surface area contributed by atoms with E-state index in [4.69, 9.17) is 9.47 Å². The lowest BCUT2D eigenvalue weighted by atomic mass is 10.1. The fraction of sp³-hybridized carbons (Fsp3) is 0.440. The Labute approximate surface area is 185 Å². The summed E-state index contributed by atoms with van der Waals surface area (Å²) in [5.74, 6) is 0.942. The van der Waals surface area contributed by atoms with Crippen LogP contribution in [-0.4, -0.2) is 42.0 Å². The average molecular weight is 427 g/mol. The lowest BCUT2D eigenvalue weighted by Crippen LogP contribution is -2.53. The van der Waals surface area contributed by atoms with E-state index in [-0.39, 0.29) is 25.0 Å². The molecule has 0 spiro atoms. The topological polar surface area (TPSA) is 67.9 Å². The van der Waals surface area contributed by atoms with Gasteiger partial charge in [0, 0.05) is 12.1 Å². The summed E-state index contributed by atoms with van der Waals surface area (Å²) in [7, 11) is 1.61. The number of rotatable bonds is 8. The van der Waals surface area contributed by atoms with Crippen molar-refractivity contribution in [3.8, 4) is 11.5 Å². The van der Waals surface area contributed by atoms with E-state index < -0.39 is 11.6 Å². The fourth-order valence-corrected chi connectivity index (χ4v) is 3.07. The molecule has 0 aliphatic heterocycles. The van der Waals surface area contributed by atoms with E-state index in [1.54, 1.807) is 18.9 Å². The maximum atomic E-state index is 13.1. The Morgan fingerprint density at radius 3 is 2.29 bits per heavy atom.